The monoisotopic (exact) mass is 788 g/mol. The van der Waals surface area contributed by atoms with Gasteiger partial charge < -0.3 is 65.1 Å². The maximum absolute atomic E-state index is 12.9. The lowest BCUT2D eigenvalue weighted by Gasteiger charge is -2.46. The summed E-state index contributed by atoms with van der Waals surface area (Å²) in [7, 11) is 0. The molecule has 0 radical (unpaired) electrons. The molecule has 2 fully saturated rings. The Balaban J connectivity index is 1.94. The van der Waals surface area contributed by atoms with E-state index in [1.54, 1.807) is 6.08 Å². The van der Waals surface area contributed by atoms with Gasteiger partial charge >= 0.3 is 0 Å². The molecule has 320 valence electrons. The second-order valence-electron chi connectivity index (χ2n) is 14.7. The SMILES string of the molecule is CCCCCCC/C=C/CC/C=C/CC/C=C/C(O)C(COC1OC(CO)C(OC2OC(CO)C(O)C(O)C2O)C(O)C1O)NC(=O)CCCCCCCC. The average Bonchev–Trinajstić information content (AvgIpc) is 3.18. The van der Waals surface area contributed by atoms with E-state index < -0.39 is 86.8 Å². The number of ether oxygens (including phenoxy) is 4. The van der Waals surface area contributed by atoms with E-state index >= 15 is 0 Å². The van der Waals surface area contributed by atoms with E-state index in [1.165, 1.54) is 32.1 Å². The number of hydrogen-bond acceptors (Lipinski definition) is 13. The van der Waals surface area contributed by atoms with Crippen LogP contribution in [0, 0.1) is 0 Å². The summed E-state index contributed by atoms with van der Waals surface area (Å²) in [5.74, 6) is -0.267. The fraction of sp³-hybridized carbons (Fsp3) is 0.829. The number of allylic oxidation sites excluding steroid dienone is 5. The lowest BCUT2D eigenvalue weighted by atomic mass is 9.97. The maximum Gasteiger partial charge on any atom is 0.220 e. The molecule has 0 aromatic carbocycles. The normalized spacial score (nSPS) is 30.1. The van der Waals surface area contributed by atoms with Gasteiger partial charge in [0.1, 0.15) is 48.8 Å². The van der Waals surface area contributed by atoms with Crippen LogP contribution in [0.3, 0.4) is 0 Å². The predicted molar refractivity (Wildman–Crippen MR) is 208 cm³/mol. The minimum atomic E-state index is -1.79. The quantitative estimate of drug-likeness (QED) is 0.0393. The van der Waals surface area contributed by atoms with Gasteiger partial charge in [0, 0.05) is 6.42 Å². The van der Waals surface area contributed by atoms with E-state index in [0.29, 0.717) is 12.8 Å². The van der Waals surface area contributed by atoms with E-state index in [9.17, 15) is 45.6 Å². The number of carbonyl (C=O) groups is 1. The summed E-state index contributed by atoms with van der Waals surface area (Å²) in [6.45, 7) is 2.62. The highest BCUT2D eigenvalue weighted by Gasteiger charge is 2.50. The molecule has 0 aromatic rings. The van der Waals surface area contributed by atoms with Gasteiger partial charge in [0.15, 0.2) is 12.6 Å². The van der Waals surface area contributed by atoms with Crippen LogP contribution in [-0.2, 0) is 23.7 Å². The van der Waals surface area contributed by atoms with Crippen LogP contribution in [0.25, 0.3) is 0 Å². The zero-order valence-electron chi connectivity index (χ0n) is 33.2. The van der Waals surface area contributed by atoms with Gasteiger partial charge in [-0.1, -0.05) is 108 Å². The average molecular weight is 788 g/mol. The fourth-order valence-corrected chi connectivity index (χ4v) is 6.55. The zero-order valence-corrected chi connectivity index (χ0v) is 33.2. The second-order valence-corrected chi connectivity index (χ2v) is 14.7. The minimum Gasteiger partial charge on any atom is -0.394 e. The first kappa shape index (κ1) is 49.4. The van der Waals surface area contributed by atoms with Crippen LogP contribution in [0.4, 0.5) is 0 Å². The van der Waals surface area contributed by atoms with Gasteiger partial charge in [-0.15, -0.1) is 0 Å². The standard InChI is InChI=1S/C41H73NO13/c1-3-5-7-9-11-12-13-14-15-16-17-18-19-20-22-24-30(45)29(42-33(46)25-23-21-10-8-6-4-2)28-52-40-38(51)36(49)39(32(27-44)54-40)55-41-37(50)35(48)34(47)31(26-43)53-41/h13-14,17-18,22,24,29-32,34-41,43-45,47-51H,3-12,15-16,19-21,23,25-28H2,1-2H3,(H,42,46)/b14-13+,18-17+,24-22+. The molecular formula is C41H73NO13. The Morgan fingerprint density at radius 3 is 1.78 bits per heavy atom. The van der Waals surface area contributed by atoms with Crippen LogP contribution in [0.15, 0.2) is 36.5 Å². The van der Waals surface area contributed by atoms with Crippen molar-refractivity contribution in [3.05, 3.63) is 36.5 Å². The Bertz CT molecular complexity index is 1070. The predicted octanol–water partition coefficient (Wildman–Crippen LogP) is 2.81. The van der Waals surface area contributed by atoms with E-state index in [4.69, 9.17) is 18.9 Å². The summed E-state index contributed by atoms with van der Waals surface area (Å²) in [5.41, 5.74) is 0. The van der Waals surface area contributed by atoms with Crippen LogP contribution in [0.2, 0.25) is 0 Å². The topological polar surface area (TPSA) is 228 Å². The van der Waals surface area contributed by atoms with E-state index in [-0.39, 0.29) is 18.9 Å². The molecule has 0 aromatic heterocycles. The number of hydrogen-bond donors (Lipinski definition) is 9. The lowest BCUT2D eigenvalue weighted by Crippen LogP contribution is -2.65. The van der Waals surface area contributed by atoms with Gasteiger partial charge in [0.25, 0.3) is 0 Å². The first-order valence-electron chi connectivity index (χ1n) is 20.7. The largest absolute Gasteiger partial charge is 0.394 e. The van der Waals surface area contributed by atoms with Crippen molar-refractivity contribution in [3.63, 3.8) is 0 Å². The van der Waals surface area contributed by atoms with Crippen molar-refractivity contribution in [1.29, 1.82) is 0 Å². The van der Waals surface area contributed by atoms with Crippen molar-refractivity contribution in [1.82, 2.24) is 5.32 Å². The second kappa shape index (κ2) is 29.4. The van der Waals surface area contributed by atoms with Crippen LogP contribution < -0.4 is 5.32 Å². The van der Waals surface area contributed by atoms with E-state index in [0.717, 1.165) is 57.8 Å². The van der Waals surface area contributed by atoms with Crippen molar-refractivity contribution in [3.8, 4) is 0 Å². The summed E-state index contributed by atoms with van der Waals surface area (Å²) < 4.78 is 22.5. The van der Waals surface area contributed by atoms with Gasteiger partial charge in [-0.2, -0.15) is 0 Å². The summed E-state index contributed by atoms with van der Waals surface area (Å²) in [4.78, 5) is 12.9. The third kappa shape index (κ3) is 18.6. The van der Waals surface area contributed by atoms with Crippen LogP contribution >= 0.6 is 0 Å². The van der Waals surface area contributed by atoms with Gasteiger partial charge in [-0.05, 0) is 44.9 Å². The molecule has 0 bridgehead atoms. The molecule has 2 rings (SSSR count). The molecule has 55 heavy (non-hydrogen) atoms. The third-order valence-corrected chi connectivity index (χ3v) is 10.1. The molecule has 0 spiro atoms. The minimum absolute atomic E-state index is 0.267. The molecule has 2 aliphatic heterocycles. The molecule has 2 heterocycles. The molecular weight excluding hydrogens is 714 g/mol. The Labute approximate surface area is 328 Å². The van der Waals surface area contributed by atoms with Crippen molar-refractivity contribution in [2.75, 3.05) is 19.8 Å². The van der Waals surface area contributed by atoms with E-state index in [1.807, 2.05) is 6.08 Å². The van der Waals surface area contributed by atoms with E-state index in [2.05, 4.69) is 43.5 Å². The smallest absolute Gasteiger partial charge is 0.220 e. The number of nitrogens with one attached hydrogen (secondary N) is 1. The van der Waals surface area contributed by atoms with Crippen LogP contribution in [0.1, 0.15) is 123 Å². The van der Waals surface area contributed by atoms with Gasteiger partial charge in [-0.3, -0.25) is 4.79 Å². The Kier molecular flexibility index (Phi) is 26.4. The van der Waals surface area contributed by atoms with Gasteiger partial charge in [0.2, 0.25) is 5.91 Å². The molecule has 1 amide bonds. The fourth-order valence-electron chi connectivity index (χ4n) is 6.55. The van der Waals surface area contributed by atoms with Crippen LogP contribution in [-0.4, -0.2) is 140 Å². The van der Waals surface area contributed by atoms with Crippen molar-refractivity contribution in [2.24, 2.45) is 0 Å². The molecule has 0 saturated carbocycles. The van der Waals surface area contributed by atoms with Crippen molar-refractivity contribution in [2.45, 2.75) is 197 Å². The van der Waals surface area contributed by atoms with Crippen molar-refractivity contribution < 1.29 is 64.6 Å². The van der Waals surface area contributed by atoms with Crippen molar-refractivity contribution >= 4 is 5.91 Å². The highest BCUT2D eigenvalue weighted by atomic mass is 16.7. The maximum atomic E-state index is 12.9. The summed E-state index contributed by atoms with van der Waals surface area (Å²) in [6.07, 6.45) is 12.4. The number of amides is 1. The number of unbranched alkanes of at least 4 members (excludes halogenated alkanes) is 12. The number of aliphatic hydroxyl groups excluding tert-OH is 8. The number of rotatable bonds is 29. The third-order valence-electron chi connectivity index (χ3n) is 10.1. The first-order chi connectivity index (χ1) is 26.6. The molecule has 9 N–H and O–H groups in total. The highest BCUT2D eigenvalue weighted by Crippen LogP contribution is 2.29. The highest BCUT2D eigenvalue weighted by molar-refractivity contribution is 5.76. The van der Waals surface area contributed by atoms with Gasteiger partial charge in [-0.25, -0.2) is 0 Å². The number of carbonyl (C=O) groups excluding carboxylic acids is 1. The Morgan fingerprint density at radius 2 is 1.16 bits per heavy atom. The molecule has 14 heteroatoms. The zero-order chi connectivity index (χ0) is 40.4. The summed E-state index contributed by atoms with van der Waals surface area (Å²) >= 11 is 0. The lowest BCUT2D eigenvalue weighted by molar-refractivity contribution is -0.359. The molecule has 14 nitrogen and oxygen atoms in total. The molecule has 2 saturated heterocycles. The molecule has 0 aliphatic carbocycles. The first-order valence-corrected chi connectivity index (χ1v) is 20.7. The van der Waals surface area contributed by atoms with Gasteiger partial charge in [0.05, 0.1) is 32.0 Å². The Morgan fingerprint density at radius 1 is 0.636 bits per heavy atom. The number of aliphatic hydroxyl groups is 8. The molecule has 2 aliphatic rings. The molecule has 12 unspecified atom stereocenters. The molecule has 12 atom stereocenters. The van der Waals surface area contributed by atoms with Crippen LogP contribution in [0.5, 0.6) is 0 Å². The summed E-state index contributed by atoms with van der Waals surface area (Å²) in [5, 5.41) is 86.0. The Hall–Kier alpha value is -1.79. The summed E-state index contributed by atoms with van der Waals surface area (Å²) in [6, 6.07) is -0.929.